The summed E-state index contributed by atoms with van der Waals surface area (Å²) < 4.78 is 20.5. The zero-order valence-corrected chi connectivity index (χ0v) is 12.6. The molecule has 0 radical (unpaired) electrons. The quantitative estimate of drug-likeness (QED) is 0.620. The van der Waals surface area contributed by atoms with Crippen molar-refractivity contribution in [2.75, 3.05) is 6.79 Å². The Morgan fingerprint density at radius 2 is 1.58 bits per heavy atom. The third-order valence-corrected chi connectivity index (χ3v) is 3.19. The number of rotatable bonds is 6. The van der Waals surface area contributed by atoms with Crippen LogP contribution in [0.1, 0.15) is 50.7 Å². The van der Waals surface area contributed by atoms with Crippen LogP contribution in [0.2, 0.25) is 0 Å². The number of para-hydroxylation sites is 1. The summed E-state index contributed by atoms with van der Waals surface area (Å²) in [6.07, 6.45) is 0. The minimum absolute atomic E-state index is 0.253. The lowest BCUT2D eigenvalue weighted by Gasteiger charge is -2.19. The van der Waals surface area contributed by atoms with Crippen LogP contribution in [0.25, 0.3) is 0 Å². The van der Waals surface area contributed by atoms with Crippen LogP contribution in [0.5, 0.6) is 5.75 Å². The average molecular weight is 288 g/mol. The predicted molar refractivity (Wildman–Crippen MR) is 73.2 cm³/mol. The van der Waals surface area contributed by atoms with Crippen LogP contribution in [-0.2, 0) is 9.09 Å². The van der Waals surface area contributed by atoms with Crippen LogP contribution in [0.15, 0.2) is 18.2 Å². The van der Waals surface area contributed by atoms with E-state index in [2.05, 4.69) is 4.52 Å². The molecule has 0 heterocycles. The Hall–Kier alpha value is -0.870. The van der Waals surface area contributed by atoms with Crippen LogP contribution < -0.4 is 4.74 Å². The van der Waals surface area contributed by atoms with Gasteiger partial charge in [-0.05, 0) is 23.0 Å². The highest BCUT2D eigenvalue weighted by Gasteiger charge is 2.18. The molecule has 0 fully saturated rings. The molecule has 0 aliphatic carbocycles. The Morgan fingerprint density at radius 1 is 1.11 bits per heavy atom. The summed E-state index contributed by atoms with van der Waals surface area (Å²) in [5, 5.41) is 0. The van der Waals surface area contributed by atoms with Crippen molar-refractivity contribution < 1.29 is 23.6 Å². The van der Waals surface area contributed by atoms with Gasteiger partial charge in [0.2, 0.25) is 0 Å². The largest absolute Gasteiger partial charge is 0.472 e. The molecule has 2 N–H and O–H groups in total. The smallest absolute Gasteiger partial charge is 0.466 e. The van der Waals surface area contributed by atoms with Crippen LogP contribution >= 0.6 is 7.82 Å². The lowest BCUT2D eigenvalue weighted by atomic mass is 9.94. The molecule has 1 rings (SSSR count). The van der Waals surface area contributed by atoms with E-state index in [-0.39, 0.29) is 11.8 Å². The Balaban J connectivity index is 2.98. The third kappa shape index (κ3) is 4.96. The molecular weight excluding hydrogens is 267 g/mol. The van der Waals surface area contributed by atoms with Gasteiger partial charge >= 0.3 is 7.82 Å². The Kier molecular flexibility index (Phi) is 5.56. The van der Waals surface area contributed by atoms with Gasteiger partial charge in [0, 0.05) is 0 Å². The summed E-state index contributed by atoms with van der Waals surface area (Å²) in [5.41, 5.74) is 2.00. The van der Waals surface area contributed by atoms with E-state index >= 15 is 0 Å². The third-order valence-electron chi connectivity index (χ3n) is 2.74. The molecule has 6 heteroatoms. The molecule has 0 saturated heterocycles. The summed E-state index contributed by atoms with van der Waals surface area (Å²) >= 11 is 0. The zero-order valence-electron chi connectivity index (χ0n) is 11.7. The van der Waals surface area contributed by atoms with Crippen molar-refractivity contribution in [1.29, 1.82) is 0 Å². The van der Waals surface area contributed by atoms with Gasteiger partial charge < -0.3 is 14.5 Å². The molecule has 0 aromatic heterocycles. The molecule has 0 unspecified atom stereocenters. The van der Waals surface area contributed by atoms with Gasteiger partial charge in [-0.3, -0.25) is 0 Å². The van der Waals surface area contributed by atoms with Crippen LogP contribution in [0.4, 0.5) is 0 Å². The molecule has 19 heavy (non-hydrogen) atoms. The van der Waals surface area contributed by atoms with E-state index in [1.807, 2.05) is 45.9 Å². The number of hydrogen-bond acceptors (Lipinski definition) is 3. The second-order valence-corrected chi connectivity index (χ2v) is 6.20. The molecule has 0 saturated carbocycles. The van der Waals surface area contributed by atoms with E-state index < -0.39 is 14.6 Å². The van der Waals surface area contributed by atoms with Crippen molar-refractivity contribution in [2.24, 2.45) is 0 Å². The van der Waals surface area contributed by atoms with Crippen molar-refractivity contribution in [2.45, 2.75) is 39.5 Å². The average Bonchev–Trinajstić information content (AvgIpc) is 2.26. The molecule has 0 bridgehead atoms. The first-order valence-corrected chi connectivity index (χ1v) is 7.71. The summed E-state index contributed by atoms with van der Waals surface area (Å²) in [6.45, 7) is 7.69. The number of ether oxygens (including phenoxy) is 1. The van der Waals surface area contributed by atoms with E-state index in [0.717, 1.165) is 11.1 Å². The van der Waals surface area contributed by atoms with Gasteiger partial charge in [-0.2, -0.15) is 0 Å². The molecule has 0 atom stereocenters. The minimum Gasteiger partial charge on any atom is -0.466 e. The highest BCUT2D eigenvalue weighted by molar-refractivity contribution is 7.46. The van der Waals surface area contributed by atoms with E-state index in [4.69, 9.17) is 14.5 Å². The van der Waals surface area contributed by atoms with E-state index in [1.54, 1.807) is 0 Å². The topological polar surface area (TPSA) is 76.0 Å². The van der Waals surface area contributed by atoms with Crippen molar-refractivity contribution in [3.63, 3.8) is 0 Å². The first kappa shape index (κ1) is 16.2. The molecule has 0 aliphatic heterocycles. The fourth-order valence-corrected chi connectivity index (χ4v) is 1.99. The highest BCUT2D eigenvalue weighted by Crippen LogP contribution is 2.38. The van der Waals surface area contributed by atoms with Gasteiger partial charge in [-0.15, -0.1) is 0 Å². The number of phosphoric acid groups is 1. The van der Waals surface area contributed by atoms with E-state index in [1.165, 1.54) is 0 Å². The Labute approximate surface area is 113 Å². The van der Waals surface area contributed by atoms with E-state index in [0.29, 0.717) is 5.75 Å². The van der Waals surface area contributed by atoms with E-state index in [9.17, 15) is 4.57 Å². The Bertz CT molecular complexity index is 438. The lowest BCUT2D eigenvalue weighted by molar-refractivity contribution is 0.0811. The van der Waals surface area contributed by atoms with Crippen LogP contribution in [0, 0.1) is 0 Å². The van der Waals surface area contributed by atoms with Crippen molar-refractivity contribution in [3.05, 3.63) is 29.3 Å². The van der Waals surface area contributed by atoms with Crippen LogP contribution in [0.3, 0.4) is 0 Å². The maximum Gasteiger partial charge on any atom is 0.472 e. The first-order chi connectivity index (χ1) is 8.72. The molecule has 0 aliphatic rings. The summed E-state index contributed by atoms with van der Waals surface area (Å²) in [5.74, 6) is 1.16. The fourth-order valence-electron chi connectivity index (χ4n) is 1.80. The normalized spacial score (nSPS) is 12.2. The number of hydrogen-bond donors (Lipinski definition) is 2. The molecule has 0 amide bonds. The maximum absolute atomic E-state index is 10.7. The van der Waals surface area contributed by atoms with Gasteiger partial charge in [-0.1, -0.05) is 45.9 Å². The molecule has 0 spiro atoms. The van der Waals surface area contributed by atoms with Gasteiger partial charge in [0.25, 0.3) is 0 Å². The predicted octanol–water partition coefficient (Wildman–Crippen LogP) is 3.38. The molecule has 108 valence electrons. The van der Waals surface area contributed by atoms with Crippen molar-refractivity contribution >= 4 is 7.82 Å². The van der Waals surface area contributed by atoms with Gasteiger partial charge in [0.1, 0.15) is 5.75 Å². The summed E-state index contributed by atoms with van der Waals surface area (Å²) in [6, 6.07) is 5.86. The standard InChI is InChI=1S/C13H21O5P/c1-9(2)11-6-5-7-12(10(3)4)13(11)17-8-18-19(14,15)16/h5-7,9-10H,8H2,1-4H3,(H2,14,15,16). The number of phosphoric ester groups is 1. The maximum atomic E-state index is 10.7. The molecule has 1 aromatic rings. The zero-order chi connectivity index (χ0) is 14.6. The fraction of sp³-hybridized carbons (Fsp3) is 0.538. The molecule has 1 aromatic carbocycles. The first-order valence-electron chi connectivity index (χ1n) is 6.18. The Morgan fingerprint density at radius 3 is 1.95 bits per heavy atom. The molecular formula is C13H21O5P. The summed E-state index contributed by atoms with van der Waals surface area (Å²) in [4.78, 5) is 17.3. The monoisotopic (exact) mass is 288 g/mol. The van der Waals surface area contributed by atoms with Gasteiger partial charge in [-0.25, -0.2) is 9.09 Å². The minimum atomic E-state index is -4.51. The second-order valence-electron chi connectivity index (χ2n) is 4.96. The lowest BCUT2D eigenvalue weighted by Crippen LogP contribution is -2.07. The van der Waals surface area contributed by atoms with Gasteiger partial charge in [0.05, 0.1) is 0 Å². The summed E-state index contributed by atoms with van der Waals surface area (Å²) in [7, 11) is -4.51. The second kappa shape index (κ2) is 6.53. The van der Waals surface area contributed by atoms with Crippen molar-refractivity contribution in [1.82, 2.24) is 0 Å². The SMILES string of the molecule is CC(C)c1cccc(C(C)C)c1OCOP(=O)(O)O. The number of benzene rings is 1. The molecule has 5 nitrogen and oxygen atoms in total. The highest BCUT2D eigenvalue weighted by atomic mass is 31.2. The van der Waals surface area contributed by atoms with Crippen LogP contribution in [-0.4, -0.2) is 16.6 Å². The van der Waals surface area contributed by atoms with Crippen molar-refractivity contribution in [3.8, 4) is 5.75 Å². The van der Waals surface area contributed by atoms with Gasteiger partial charge in [0.15, 0.2) is 6.79 Å².